The first-order valence-electron chi connectivity index (χ1n) is 7.61. The second-order valence-electron chi connectivity index (χ2n) is 5.83. The van der Waals surface area contributed by atoms with E-state index in [0.717, 1.165) is 35.0 Å². The Morgan fingerprint density at radius 1 is 1.33 bits per heavy atom. The Balaban J connectivity index is 1.77. The lowest BCUT2D eigenvalue weighted by molar-refractivity contribution is -0.137. The molecule has 0 unspecified atom stereocenters. The Labute approximate surface area is 141 Å². The smallest absolute Gasteiger partial charge is 0.338 e. The van der Waals surface area contributed by atoms with Gasteiger partial charge in [0.15, 0.2) is 0 Å². The molecule has 0 aliphatic carbocycles. The van der Waals surface area contributed by atoms with Gasteiger partial charge in [-0.05, 0) is 38.0 Å². The van der Waals surface area contributed by atoms with E-state index in [1.165, 1.54) is 23.5 Å². The van der Waals surface area contributed by atoms with Gasteiger partial charge in [0.1, 0.15) is 10.0 Å². The predicted molar refractivity (Wildman–Crippen MR) is 84.0 cm³/mol. The molecular weight excluding hydrogens is 339 g/mol. The van der Waals surface area contributed by atoms with Crippen molar-refractivity contribution >= 4 is 17.2 Å². The summed E-state index contributed by atoms with van der Waals surface area (Å²) in [5.41, 5.74) is -0.736. The second kappa shape index (κ2) is 6.51. The van der Waals surface area contributed by atoms with Crippen molar-refractivity contribution in [1.29, 1.82) is 0 Å². The highest BCUT2D eigenvalue weighted by Crippen LogP contribution is 2.32. The zero-order chi connectivity index (χ0) is 17.3. The molecule has 1 aliphatic rings. The number of aromatic nitrogens is 2. The van der Waals surface area contributed by atoms with Gasteiger partial charge in [-0.3, -0.25) is 4.79 Å². The lowest BCUT2D eigenvalue weighted by Gasteiger charge is -2.31. The molecule has 2 heterocycles. The Hall–Kier alpha value is -1.96. The van der Waals surface area contributed by atoms with Crippen molar-refractivity contribution in [3.8, 4) is 0 Å². The standard InChI is InChI=1S/C16H16F3N3OS/c1-10-20-21-14(24-10)12-5-3-7-22(9-12)15(23)11-4-2-6-13(8-11)16(17,18)19/h2,4,6,8,12H,3,5,7,9H2,1H3/t12-/m1/s1. The second-order valence-corrected chi connectivity index (χ2v) is 7.04. The molecule has 2 aromatic rings. The van der Waals surface area contributed by atoms with Crippen molar-refractivity contribution in [3.05, 3.63) is 45.4 Å². The minimum atomic E-state index is -4.45. The van der Waals surface area contributed by atoms with Crippen molar-refractivity contribution in [2.45, 2.75) is 31.9 Å². The molecule has 1 atom stereocenters. The van der Waals surface area contributed by atoms with E-state index >= 15 is 0 Å². The first-order chi connectivity index (χ1) is 11.3. The number of piperidine rings is 1. The van der Waals surface area contributed by atoms with Crippen LogP contribution in [-0.2, 0) is 6.18 Å². The quantitative estimate of drug-likeness (QED) is 0.821. The van der Waals surface area contributed by atoms with Crippen LogP contribution in [0.3, 0.4) is 0 Å². The molecule has 1 amide bonds. The lowest BCUT2D eigenvalue weighted by Crippen LogP contribution is -2.39. The van der Waals surface area contributed by atoms with E-state index in [9.17, 15) is 18.0 Å². The summed E-state index contributed by atoms with van der Waals surface area (Å²) in [6.07, 6.45) is -2.75. The highest BCUT2D eigenvalue weighted by atomic mass is 32.1. The molecule has 1 aliphatic heterocycles. The molecule has 0 saturated carbocycles. The highest BCUT2D eigenvalue weighted by Gasteiger charge is 2.32. The summed E-state index contributed by atoms with van der Waals surface area (Å²) in [5.74, 6) is -0.272. The molecule has 0 radical (unpaired) electrons. The van der Waals surface area contributed by atoms with Crippen LogP contribution in [0.4, 0.5) is 13.2 Å². The van der Waals surface area contributed by atoms with Crippen molar-refractivity contribution < 1.29 is 18.0 Å². The van der Waals surface area contributed by atoms with E-state index in [2.05, 4.69) is 10.2 Å². The van der Waals surface area contributed by atoms with Gasteiger partial charge in [-0.2, -0.15) is 13.2 Å². The van der Waals surface area contributed by atoms with Crippen LogP contribution in [-0.4, -0.2) is 34.1 Å². The first kappa shape index (κ1) is 16.9. The van der Waals surface area contributed by atoms with Crippen LogP contribution >= 0.6 is 11.3 Å². The molecule has 1 aromatic heterocycles. The van der Waals surface area contributed by atoms with E-state index in [-0.39, 0.29) is 17.4 Å². The molecule has 4 nitrogen and oxygen atoms in total. The Morgan fingerprint density at radius 3 is 2.79 bits per heavy atom. The minimum Gasteiger partial charge on any atom is -0.338 e. The van der Waals surface area contributed by atoms with Crippen LogP contribution in [0.25, 0.3) is 0 Å². The van der Waals surface area contributed by atoms with E-state index in [1.54, 1.807) is 4.90 Å². The van der Waals surface area contributed by atoms with Crippen LogP contribution in [0.5, 0.6) is 0 Å². The highest BCUT2D eigenvalue weighted by molar-refractivity contribution is 7.11. The fourth-order valence-corrected chi connectivity index (χ4v) is 3.68. The number of likely N-dealkylation sites (tertiary alicyclic amines) is 1. The third kappa shape index (κ3) is 3.58. The van der Waals surface area contributed by atoms with Gasteiger partial charge >= 0.3 is 6.18 Å². The largest absolute Gasteiger partial charge is 0.416 e. The number of carbonyl (C=O) groups excluding carboxylic acids is 1. The predicted octanol–water partition coefficient (Wildman–Crippen LogP) is 3.89. The van der Waals surface area contributed by atoms with Gasteiger partial charge in [0, 0.05) is 24.6 Å². The maximum absolute atomic E-state index is 12.8. The molecule has 0 spiro atoms. The molecule has 24 heavy (non-hydrogen) atoms. The lowest BCUT2D eigenvalue weighted by atomic mass is 9.98. The van der Waals surface area contributed by atoms with Crippen LogP contribution in [0.15, 0.2) is 24.3 Å². The molecule has 128 valence electrons. The van der Waals surface area contributed by atoms with Gasteiger partial charge < -0.3 is 4.90 Å². The summed E-state index contributed by atoms with van der Waals surface area (Å²) < 4.78 is 38.5. The topological polar surface area (TPSA) is 46.1 Å². The number of benzene rings is 1. The number of aryl methyl sites for hydroxylation is 1. The average Bonchev–Trinajstić information content (AvgIpc) is 3.00. The molecule has 1 fully saturated rings. The van der Waals surface area contributed by atoms with E-state index in [0.29, 0.717) is 13.1 Å². The summed E-state index contributed by atoms with van der Waals surface area (Å²) in [6.45, 7) is 2.88. The Bertz CT molecular complexity index is 744. The fraction of sp³-hybridized carbons (Fsp3) is 0.438. The monoisotopic (exact) mass is 355 g/mol. The normalized spacial score (nSPS) is 18.7. The summed E-state index contributed by atoms with van der Waals surface area (Å²) in [6, 6.07) is 4.59. The van der Waals surface area contributed by atoms with Crippen LogP contribution < -0.4 is 0 Å². The number of alkyl halides is 3. The molecule has 0 N–H and O–H groups in total. The minimum absolute atomic E-state index is 0.0684. The Morgan fingerprint density at radius 2 is 2.12 bits per heavy atom. The van der Waals surface area contributed by atoms with E-state index in [1.807, 2.05) is 6.92 Å². The summed E-state index contributed by atoms with van der Waals surface area (Å²) in [4.78, 5) is 14.2. The van der Waals surface area contributed by atoms with Crippen molar-refractivity contribution in [3.63, 3.8) is 0 Å². The number of nitrogens with zero attached hydrogens (tertiary/aromatic N) is 3. The molecular formula is C16H16F3N3OS. The number of halogens is 3. The zero-order valence-corrected chi connectivity index (χ0v) is 13.8. The van der Waals surface area contributed by atoms with Crippen LogP contribution in [0, 0.1) is 6.92 Å². The fourth-order valence-electron chi connectivity index (χ4n) is 2.85. The SMILES string of the molecule is Cc1nnc([C@@H]2CCCN(C(=O)c3cccc(C(F)(F)F)c3)C2)s1. The zero-order valence-electron chi connectivity index (χ0n) is 13.0. The van der Waals surface area contributed by atoms with Gasteiger partial charge in [0.2, 0.25) is 0 Å². The average molecular weight is 355 g/mol. The van der Waals surface area contributed by atoms with Crippen molar-refractivity contribution in [2.75, 3.05) is 13.1 Å². The van der Waals surface area contributed by atoms with Crippen molar-refractivity contribution in [1.82, 2.24) is 15.1 Å². The number of carbonyl (C=O) groups is 1. The number of amides is 1. The van der Waals surface area contributed by atoms with Crippen molar-refractivity contribution in [2.24, 2.45) is 0 Å². The maximum atomic E-state index is 12.8. The molecule has 1 saturated heterocycles. The molecule has 8 heteroatoms. The summed E-state index contributed by atoms with van der Waals surface area (Å²) in [7, 11) is 0. The third-order valence-corrected chi connectivity index (χ3v) is 5.04. The van der Waals surface area contributed by atoms with Gasteiger partial charge in [-0.25, -0.2) is 0 Å². The van der Waals surface area contributed by atoms with Gasteiger partial charge in [-0.1, -0.05) is 6.07 Å². The van der Waals surface area contributed by atoms with E-state index in [4.69, 9.17) is 0 Å². The van der Waals surface area contributed by atoms with Crippen LogP contribution in [0.2, 0.25) is 0 Å². The van der Waals surface area contributed by atoms with Crippen LogP contribution in [0.1, 0.15) is 44.7 Å². The molecule has 1 aromatic carbocycles. The third-order valence-electron chi connectivity index (χ3n) is 4.04. The number of hydrogen-bond donors (Lipinski definition) is 0. The summed E-state index contributed by atoms with van der Waals surface area (Å²) in [5, 5.41) is 9.88. The van der Waals surface area contributed by atoms with Gasteiger partial charge in [0.05, 0.1) is 5.56 Å². The molecule has 3 rings (SSSR count). The van der Waals surface area contributed by atoms with Gasteiger partial charge in [0.25, 0.3) is 5.91 Å². The Kier molecular flexibility index (Phi) is 4.58. The number of hydrogen-bond acceptors (Lipinski definition) is 4. The summed E-state index contributed by atoms with van der Waals surface area (Å²) >= 11 is 1.50. The maximum Gasteiger partial charge on any atom is 0.416 e. The molecule has 0 bridgehead atoms. The number of rotatable bonds is 2. The first-order valence-corrected chi connectivity index (χ1v) is 8.43. The van der Waals surface area contributed by atoms with E-state index < -0.39 is 11.7 Å². The van der Waals surface area contributed by atoms with Gasteiger partial charge in [-0.15, -0.1) is 21.5 Å².